The van der Waals surface area contributed by atoms with Crippen molar-refractivity contribution in [3.05, 3.63) is 11.8 Å². The molecule has 10 heteroatoms. The molecule has 0 fully saturated rings. The van der Waals surface area contributed by atoms with Crippen LogP contribution in [0, 0.1) is 0 Å². The highest BCUT2D eigenvalue weighted by molar-refractivity contribution is 8.13. The molecule has 0 bridgehead atoms. The molecule has 0 saturated carbocycles. The first-order valence-corrected chi connectivity index (χ1v) is 7.95. The lowest BCUT2D eigenvalue weighted by Gasteiger charge is -2.06. The van der Waals surface area contributed by atoms with Gasteiger partial charge in [-0.05, 0) is 13.8 Å². The standard InChI is InChI=1S/C10H13ClN2O6S/c1-3-18-8(14)6-13-9(20(11,16)17)7(5-12-13)10(15)19-4-2/h5H,3-4,6H2,1-2H3. The number of carbonyl (C=O) groups is 2. The summed E-state index contributed by atoms with van der Waals surface area (Å²) in [4.78, 5) is 23.0. The van der Waals surface area contributed by atoms with Crippen molar-refractivity contribution in [1.29, 1.82) is 0 Å². The van der Waals surface area contributed by atoms with E-state index in [0.717, 1.165) is 10.9 Å². The normalized spacial score (nSPS) is 11.2. The summed E-state index contributed by atoms with van der Waals surface area (Å²) >= 11 is 0. The van der Waals surface area contributed by atoms with Crippen LogP contribution in [0.2, 0.25) is 0 Å². The van der Waals surface area contributed by atoms with Gasteiger partial charge in [-0.2, -0.15) is 5.10 Å². The third-order valence-corrected chi connectivity index (χ3v) is 3.43. The van der Waals surface area contributed by atoms with E-state index in [-0.39, 0.29) is 18.8 Å². The van der Waals surface area contributed by atoms with Gasteiger partial charge in [0.1, 0.15) is 12.1 Å². The summed E-state index contributed by atoms with van der Waals surface area (Å²) in [6.07, 6.45) is 0.979. The van der Waals surface area contributed by atoms with Gasteiger partial charge in [-0.15, -0.1) is 0 Å². The maximum absolute atomic E-state index is 11.6. The second kappa shape index (κ2) is 6.71. The van der Waals surface area contributed by atoms with Gasteiger partial charge in [0.05, 0.1) is 19.4 Å². The topological polar surface area (TPSA) is 105 Å². The molecule has 1 aromatic heterocycles. The van der Waals surface area contributed by atoms with Crippen LogP contribution in [0.4, 0.5) is 0 Å². The van der Waals surface area contributed by atoms with Crippen molar-refractivity contribution < 1.29 is 27.5 Å². The van der Waals surface area contributed by atoms with Gasteiger partial charge in [-0.25, -0.2) is 17.9 Å². The summed E-state index contributed by atoms with van der Waals surface area (Å²) < 4.78 is 33.2. The minimum absolute atomic E-state index is 0.0592. The smallest absolute Gasteiger partial charge is 0.342 e. The maximum Gasteiger partial charge on any atom is 0.342 e. The predicted molar refractivity (Wildman–Crippen MR) is 67.9 cm³/mol. The fraction of sp³-hybridized carbons (Fsp3) is 0.500. The maximum atomic E-state index is 11.6. The second-order valence-electron chi connectivity index (χ2n) is 3.48. The molecule has 0 aliphatic carbocycles. The van der Waals surface area contributed by atoms with Crippen molar-refractivity contribution in [2.75, 3.05) is 13.2 Å². The van der Waals surface area contributed by atoms with Crippen LogP contribution in [-0.4, -0.2) is 43.4 Å². The Bertz CT molecular complexity index is 609. The Hall–Kier alpha value is -1.61. The Morgan fingerprint density at radius 2 is 1.90 bits per heavy atom. The Morgan fingerprint density at radius 1 is 1.30 bits per heavy atom. The van der Waals surface area contributed by atoms with E-state index in [2.05, 4.69) is 9.84 Å². The fourth-order valence-corrected chi connectivity index (χ4v) is 2.67. The molecule has 0 aromatic carbocycles. The molecule has 8 nitrogen and oxygen atoms in total. The number of hydrogen-bond acceptors (Lipinski definition) is 7. The van der Waals surface area contributed by atoms with Gasteiger partial charge in [0.15, 0.2) is 5.03 Å². The van der Waals surface area contributed by atoms with Gasteiger partial charge in [-0.1, -0.05) is 0 Å². The first-order valence-electron chi connectivity index (χ1n) is 5.64. The van der Waals surface area contributed by atoms with Crippen LogP contribution >= 0.6 is 10.7 Å². The van der Waals surface area contributed by atoms with E-state index in [0.29, 0.717) is 0 Å². The number of hydrogen-bond donors (Lipinski definition) is 0. The lowest BCUT2D eigenvalue weighted by molar-refractivity contribution is -0.144. The summed E-state index contributed by atoms with van der Waals surface area (Å²) in [6.45, 7) is 2.88. The van der Waals surface area contributed by atoms with Gasteiger partial charge in [0, 0.05) is 10.7 Å². The SMILES string of the molecule is CCOC(=O)Cn1ncc(C(=O)OCC)c1S(=O)(=O)Cl. The molecule has 0 aliphatic rings. The highest BCUT2D eigenvalue weighted by Crippen LogP contribution is 2.21. The van der Waals surface area contributed by atoms with Crippen molar-refractivity contribution in [2.24, 2.45) is 0 Å². The van der Waals surface area contributed by atoms with Crippen LogP contribution in [0.15, 0.2) is 11.2 Å². The summed E-state index contributed by atoms with van der Waals surface area (Å²) in [5, 5.41) is 3.07. The van der Waals surface area contributed by atoms with E-state index >= 15 is 0 Å². The Labute approximate surface area is 120 Å². The van der Waals surface area contributed by atoms with Crippen LogP contribution in [0.5, 0.6) is 0 Å². The van der Waals surface area contributed by atoms with Gasteiger partial charge < -0.3 is 9.47 Å². The molecule has 1 rings (SSSR count). The van der Waals surface area contributed by atoms with Gasteiger partial charge in [0.25, 0.3) is 9.05 Å². The van der Waals surface area contributed by atoms with Crippen LogP contribution in [0.25, 0.3) is 0 Å². The lowest BCUT2D eigenvalue weighted by atomic mass is 10.4. The minimum atomic E-state index is -4.28. The molecule has 0 saturated heterocycles. The van der Waals surface area contributed by atoms with Gasteiger partial charge >= 0.3 is 11.9 Å². The van der Waals surface area contributed by atoms with Crippen LogP contribution in [-0.2, 0) is 29.9 Å². The van der Waals surface area contributed by atoms with Crippen LogP contribution < -0.4 is 0 Å². The molecule has 0 amide bonds. The molecule has 112 valence electrons. The van der Waals surface area contributed by atoms with Crippen LogP contribution in [0.3, 0.4) is 0 Å². The van der Waals surface area contributed by atoms with E-state index in [1.807, 2.05) is 0 Å². The number of ether oxygens (including phenoxy) is 2. The average molecular weight is 325 g/mol. The quantitative estimate of drug-likeness (QED) is 0.555. The Kier molecular flexibility index (Phi) is 5.52. The molecule has 0 aliphatic heterocycles. The molecule has 0 N–H and O–H groups in total. The number of aromatic nitrogens is 2. The molecule has 0 spiro atoms. The highest BCUT2D eigenvalue weighted by Gasteiger charge is 2.28. The molecule has 0 unspecified atom stereocenters. The van der Waals surface area contributed by atoms with Crippen molar-refractivity contribution in [2.45, 2.75) is 25.4 Å². The van der Waals surface area contributed by atoms with E-state index in [4.69, 9.17) is 15.4 Å². The molecular formula is C10H13ClN2O6S. The molecule has 0 radical (unpaired) electrons. The minimum Gasteiger partial charge on any atom is -0.465 e. The van der Waals surface area contributed by atoms with Crippen molar-refractivity contribution in [3.63, 3.8) is 0 Å². The Morgan fingerprint density at radius 3 is 2.40 bits per heavy atom. The van der Waals surface area contributed by atoms with E-state index in [1.165, 1.54) is 0 Å². The van der Waals surface area contributed by atoms with Gasteiger partial charge in [-0.3, -0.25) is 4.79 Å². The molecule has 20 heavy (non-hydrogen) atoms. The summed E-state index contributed by atoms with van der Waals surface area (Å²) in [5.74, 6) is -1.59. The molecular weight excluding hydrogens is 312 g/mol. The van der Waals surface area contributed by atoms with Crippen molar-refractivity contribution in [3.8, 4) is 0 Å². The average Bonchev–Trinajstić information content (AvgIpc) is 2.73. The number of halogens is 1. The predicted octanol–water partition coefficient (Wildman–Crippen LogP) is 0.550. The van der Waals surface area contributed by atoms with E-state index in [9.17, 15) is 18.0 Å². The lowest BCUT2D eigenvalue weighted by Crippen LogP contribution is -2.18. The largest absolute Gasteiger partial charge is 0.465 e. The van der Waals surface area contributed by atoms with E-state index in [1.54, 1.807) is 13.8 Å². The number of carbonyl (C=O) groups excluding carboxylic acids is 2. The molecule has 0 atom stereocenters. The van der Waals surface area contributed by atoms with Crippen molar-refractivity contribution in [1.82, 2.24) is 9.78 Å². The summed E-state index contributed by atoms with van der Waals surface area (Å²) in [5.41, 5.74) is -0.328. The fourth-order valence-electron chi connectivity index (χ4n) is 1.42. The summed E-state index contributed by atoms with van der Waals surface area (Å²) in [6, 6.07) is 0. The third kappa shape index (κ3) is 3.94. The molecule has 1 heterocycles. The van der Waals surface area contributed by atoms with E-state index < -0.39 is 32.6 Å². The third-order valence-electron chi connectivity index (χ3n) is 2.10. The van der Waals surface area contributed by atoms with Crippen molar-refractivity contribution >= 4 is 31.7 Å². The number of nitrogens with zero attached hydrogens (tertiary/aromatic N) is 2. The van der Waals surface area contributed by atoms with Crippen LogP contribution in [0.1, 0.15) is 24.2 Å². The Balaban J connectivity index is 3.20. The number of esters is 2. The number of rotatable bonds is 6. The molecule has 1 aromatic rings. The zero-order valence-electron chi connectivity index (χ0n) is 10.8. The van der Waals surface area contributed by atoms with Gasteiger partial charge in [0.2, 0.25) is 0 Å². The zero-order chi connectivity index (χ0) is 15.3. The monoisotopic (exact) mass is 324 g/mol. The zero-order valence-corrected chi connectivity index (χ0v) is 12.4. The first-order chi connectivity index (χ1) is 9.31. The highest BCUT2D eigenvalue weighted by atomic mass is 35.7. The summed E-state index contributed by atoms with van der Waals surface area (Å²) in [7, 11) is 0.986. The second-order valence-corrected chi connectivity index (χ2v) is 5.97. The first kappa shape index (κ1) is 16.4.